The molecule has 0 unspecified atom stereocenters. The number of carbonyl (C=O) groups excluding carboxylic acids is 1. The Morgan fingerprint density at radius 1 is 1.18 bits per heavy atom. The number of nitrogens with one attached hydrogen (secondary N) is 1. The lowest BCUT2D eigenvalue weighted by Gasteiger charge is -2.26. The molecule has 0 radical (unpaired) electrons. The molecule has 0 spiro atoms. The molecule has 28 heavy (non-hydrogen) atoms. The minimum absolute atomic E-state index is 0.290. The fourth-order valence-electron chi connectivity index (χ4n) is 3.37. The van der Waals surface area contributed by atoms with Gasteiger partial charge < -0.3 is 14.8 Å². The molecule has 1 N–H and O–H groups in total. The molecule has 0 atom stereocenters. The number of para-hydroxylation sites is 1. The van der Waals surface area contributed by atoms with Gasteiger partial charge in [-0.3, -0.25) is 14.4 Å². The Bertz CT molecular complexity index is 951. The van der Waals surface area contributed by atoms with Crippen molar-refractivity contribution in [3.63, 3.8) is 0 Å². The second-order valence-electron chi connectivity index (χ2n) is 6.55. The molecule has 8 nitrogen and oxygen atoms in total. The lowest BCUT2D eigenvalue weighted by molar-refractivity contribution is 0.0361. The van der Waals surface area contributed by atoms with Crippen LogP contribution in [0.5, 0.6) is 5.75 Å². The van der Waals surface area contributed by atoms with E-state index in [1.165, 1.54) is 0 Å². The van der Waals surface area contributed by atoms with Crippen molar-refractivity contribution in [2.45, 2.75) is 6.54 Å². The van der Waals surface area contributed by atoms with E-state index in [9.17, 15) is 4.79 Å². The molecular weight excluding hydrogens is 358 g/mol. The monoisotopic (exact) mass is 381 g/mol. The topological polar surface area (TPSA) is 81.5 Å². The quantitative estimate of drug-likeness (QED) is 0.704. The maximum atomic E-state index is 12.9. The summed E-state index contributed by atoms with van der Waals surface area (Å²) in [5.74, 6) is 0.900. The summed E-state index contributed by atoms with van der Waals surface area (Å²) < 4.78 is 12.8. The van der Waals surface area contributed by atoms with Gasteiger partial charge in [0, 0.05) is 31.2 Å². The van der Waals surface area contributed by atoms with Gasteiger partial charge in [-0.25, -0.2) is 4.98 Å². The van der Waals surface area contributed by atoms with E-state index in [2.05, 4.69) is 20.3 Å². The van der Waals surface area contributed by atoms with Crippen LogP contribution in [-0.4, -0.2) is 65.5 Å². The standard InChI is InChI=1S/C20H23N5O3/c1-27-16-6-4-5-15-18(20(26)22-17-7-2-3-8-21-17)23-25(19(15)16)10-9-24-11-13-28-14-12-24/h2-8H,9-14H2,1H3,(H,21,22,26). The van der Waals surface area contributed by atoms with Gasteiger partial charge in [0.15, 0.2) is 5.69 Å². The summed E-state index contributed by atoms with van der Waals surface area (Å²) in [5.41, 5.74) is 1.19. The summed E-state index contributed by atoms with van der Waals surface area (Å²) in [4.78, 5) is 19.3. The SMILES string of the molecule is COc1cccc2c(C(=O)Nc3ccccn3)nn(CCN3CCOCC3)c12. The van der Waals surface area contributed by atoms with E-state index in [0.29, 0.717) is 23.8 Å². The van der Waals surface area contributed by atoms with Crippen LogP contribution in [0.3, 0.4) is 0 Å². The second kappa shape index (κ2) is 8.37. The third-order valence-electron chi connectivity index (χ3n) is 4.81. The molecule has 4 rings (SSSR count). The van der Waals surface area contributed by atoms with Crippen LogP contribution in [0.15, 0.2) is 42.6 Å². The van der Waals surface area contributed by atoms with Gasteiger partial charge in [-0.15, -0.1) is 0 Å². The molecule has 1 aliphatic heterocycles. The zero-order chi connectivity index (χ0) is 19.3. The van der Waals surface area contributed by atoms with Crippen LogP contribution >= 0.6 is 0 Å². The fraction of sp³-hybridized carbons (Fsp3) is 0.350. The highest BCUT2D eigenvalue weighted by Gasteiger charge is 2.21. The molecule has 1 saturated heterocycles. The third kappa shape index (κ3) is 3.83. The van der Waals surface area contributed by atoms with Crippen LogP contribution in [0.1, 0.15) is 10.5 Å². The summed E-state index contributed by atoms with van der Waals surface area (Å²) in [6.45, 7) is 4.81. The zero-order valence-electron chi connectivity index (χ0n) is 15.8. The molecule has 1 fully saturated rings. The number of pyridine rings is 1. The van der Waals surface area contributed by atoms with E-state index in [-0.39, 0.29) is 5.91 Å². The van der Waals surface area contributed by atoms with Gasteiger partial charge in [-0.2, -0.15) is 5.10 Å². The number of methoxy groups -OCH3 is 1. The predicted molar refractivity (Wildman–Crippen MR) is 106 cm³/mol. The molecule has 1 aliphatic rings. The predicted octanol–water partition coefficient (Wildman–Crippen LogP) is 2.02. The highest BCUT2D eigenvalue weighted by atomic mass is 16.5. The van der Waals surface area contributed by atoms with E-state index in [1.807, 2.05) is 28.9 Å². The summed E-state index contributed by atoms with van der Waals surface area (Å²) in [7, 11) is 1.63. The lowest BCUT2D eigenvalue weighted by atomic mass is 10.2. The van der Waals surface area contributed by atoms with Crippen molar-refractivity contribution in [2.24, 2.45) is 0 Å². The van der Waals surface area contributed by atoms with Gasteiger partial charge >= 0.3 is 0 Å². The number of fused-ring (bicyclic) bond motifs is 1. The Hall–Kier alpha value is -2.97. The van der Waals surface area contributed by atoms with Crippen LogP contribution < -0.4 is 10.1 Å². The molecule has 3 heterocycles. The number of morpholine rings is 1. The van der Waals surface area contributed by atoms with Crippen LogP contribution in [-0.2, 0) is 11.3 Å². The number of ether oxygens (including phenoxy) is 2. The van der Waals surface area contributed by atoms with Gasteiger partial charge in [-0.1, -0.05) is 18.2 Å². The Morgan fingerprint density at radius 3 is 2.79 bits per heavy atom. The van der Waals surface area contributed by atoms with Gasteiger partial charge in [0.2, 0.25) is 0 Å². The smallest absolute Gasteiger partial charge is 0.277 e. The Balaban J connectivity index is 1.64. The summed E-state index contributed by atoms with van der Waals surface area (Å²) in [5, 5.41) is 8.19. The number of hydrogen-bond donors (Lipinski definition) is 1. The summed E-state index contributed by atoms with van der Waals surface area (Å²) in [6, 6.07) is 11.0. The maximum Gasteiger partial charge on any atom is 0.277 e. The molecule has 1 aromatic carbocycles. The number of aromatic nitrogens is 3. The number of benzene rings is 1. The third-order valence-corrected chi connectivity index (χ3v) is 4.81. The molecule has 0 bridgehead atoms. The average Bonchev–Trinajstić information content (AvgIpc) is 3.13. The number of amides is 1. The highest BCUT2D eigenvalue weighted by Crippen LogP contribution is 2.28. The highest BCUT2D eigenvalue weighted by molar-refractivity contribution is 6.11. The van der Waals surface area contributed by atoms with E-state index < -0.39 is 0 Å². The average molecular weight is 381 g/mol. The minimum atomic E-state index is -0.290. The van der Waals surface area contributed by atoms with Gasteiger partial charge in [-0.05, 0) is 18.2 Å². The lowest BCUT2D eigenvalue weighted by Crippen LogP contribution is -2.38. The van der Waals surface area contributed by atoms with Crippen LogP contribution in [0, 0.1) is 0 Å². The fourth-order valence-corrected chi connectivity index (χ4v) is 3.37. The minimum Gasteiger partial charge on any atom is -0.494 e. The zero-order valence-corrected chi connectivity index (χ0v) is 15.8. The molecule has 146 valence electrons. The first-order chi connectivity index (χ1) is 13.8. The van der Waals surface area contributed by atoms with Crippen molar-refractivity contribution in [1.29, 1.82) is 0 Å². The number of hydrogen-bond acceptors (Lipinski definition) is 6. The molecule has 2 aromatic heterocycles. The van der Waals surface area contributed by atoms with Gasteiger partial charge in [0.05, 0.1) is 26.9 Å². The van der Waals surface area contributed by atoms with E-state index in [0.717, 1.165) is 43.8 Å². The Morgan fingerprint density at radius 2 is 2.04 bits per heavy atom. The number of nitrogens with zero attached hydrogens (tertiary/aromatic N) is 4. The normalized spacial score (nSPS) is 14.9. The molecule has 1 amide bonds. The second-order valence-corrected chi connectivity index (χ2v) is 6.55. The van der Waals surface area contributed by atoms with Crippen LogP contribution in [0.2, 0.25) is 0 Å². The maximum absolute atomic E-state index is 12.9. The first-order valence-electron chi connectivity index (χ1n) is 9.32. The Kier molecular flexibility index (Phi) is 5.50. The van der Waals surface area contributed by atoms with Crippen molar-refractivity contribution < 1.29 is 14.3 Å². The molecule has 0 aliphatic carbocycles. The summed E-state index contributed by atoms with van der Waals surface area (Å²) >= 11 is 0. The van der Waals surface area contributed by atoms with Gasteiger partial charge in [0.25, 0.3) is 5.91 Å². The molecular formula is C20H23N5O3. The molecule has 8 heteroatoms. The number of rotatable bonds is 6. The van der Waals surface area contributed by atoms with Crippen LogP contribution in [0.4, 0.5) is 5.82 Å². The van der Waals surface area contributed by atoms with E-state index >= 15 is 0 Å². The Labute approximate surface area is 163 Å². The molecule has 3 aromatic rings. The van der Waals surface area contributed by atoms with Crippen molar-refractivity contribution in [1.82, 2.24) is 19.7 Å². The first kappa shape index (κ1) is 18.4. The number of anilines is 1. The number of carbonyl (C=O) groups is 1. The van der Waals surface area contributed by atoms with Crippen LogP contribution in [0.25, 0.3) is 10.9 Å². The van der Waals surface area contributed by atoms with Crippen molar-refractivity contribution >= 4 is 22.6 Å². The largest absolute Gasteiger partial charge is 0.494 e. The van der Waals surface area contributed by atoms with E-state index in [1.54, 1.807) is 25.4 Å². The van der Waals surface area contributed by atoms with E-state index in [4.69, 9.17) is 9.47 Å². The van der Waals surface area contributed by atoms with Crippen molar-refractivity contribution in [2.75, 3.05) is 45.3 Å². The van der Waals surface area contributed by atoms with Crippen molar-refractivity contribution in [3.05, 3.63) is 48.3 Å². The molecule has 0 saturated carbocycles. The van der Waals surface area contributed by atoms with Gasteiger partial charge in [0.1, 0.15) is 17.1 Å². The summed E-state index contributed by atoms with van der Waals surface area (Å²) in [6.07, 6.45) is 1.64. The first-order valence-corrected chi connectivity index (χ1v) is 9.32. The van der Waals surface area contributed by atoms with Crippen molar-refractivity contribution in [3.8, 4) is 5.75 Å².